The molecule has 0 aliphatic carbocycles. The molecule has 0 amide bonds. The van der Waals surface area contributed by atoms with Crippen molar-refractivity contribution in [3.8, 4) is 0 Å². The van der Waals surface area contributed by atoms with Gasteiger partial charge in [0.1, 0.15) is 0 Å². The van der Waals surface area contributed by atoms with Crippen LogP contribution in [-0.2, 0) is 0 Å². The van der Waals surface area contributed by atoms with Crippen LogP contribution >= 0.6 is 0 Å². The summed E-state index contributed by atoms with van der Waals surface area (Å²) in [7, 11) is 0. The fourth-order valence-electron chi connectivity index (χ4n) is 3.26. The van der Waals surface area contributed by atoms with Crippen molar-refractivity contribution in [2.45, 2.75) is 58.5 Å². The molecule has 0 saturated carbocycles. The highest BCUT2D eigenvalue weighted by Crippen LogP contribution is 2.27. The number of hydrogen-bond acceptors (Lipinski definition) is 2. The van der Waals surface area contributed by atoms with Gasteiger partial charge in [-0.1, -0.05) is 26.0 Å². The maximum Gasteiger partial charge on any atom is 0.0367 e. The first kappa shape index (κ1) is 14.4. The summed E-state index contributed by atoms with van der Waals surface area (Å²) in [6.45, 7) is 15.7. The summed E-state index contributed by atoms with van der Waals surface area (Å²) in [6.07, 6.45) is 0. The fraction of sp³-hybridized carbons (Fsp3) is 0.647. The molecule has 0 radical (unpaired) electrons. The van der Waals surface area contributed by atoms with Crippen LogP contribution in [0.5, 0.6) is 0 Å². The number of nitrogens with one attached hydrogen (secondary N) is 1. The molecule has 0 aromatic heterocycles. The van der Waals surface area contributed by atoms with E-state index < -0.39 is 0 Å². The molecule has 1 fully saturated rings. The zero-order valence-corrected chi connectivity index (χ0v) is 13.2. The number of piperazine rings is 1. The van der Waals surface area contributed by atoms with Gasteiger partial charge in [0.2, 0.25) is 0 Å². The molecule has 1 aliphatic heterocycles. The zero-order valence-electron chi connectivity index (χ0n) is 13.2. The molecule has 1 N–H and O–H groups in total. The average Bonchev–Trinajstić information content (AvgIpc) is 2.25. The van der Waals surface area contributed by atoms with Gasteiger partial charge in [0.05, 0.1) is 0 Å². The molecule has 1 saturated heterocycles. The summed E-state index contributed by atoms with van der Waals surface area (Å²) in [4.78, 5) is 2.50. The largest absolute Gasteiger partial charge is 0.368 e. The van der Waals surface area contributed by atoms with Crippen molar-refractivity contribution in [1.29, 1.82) is 0 Å². The highest BCUT2D eigenvalue weighted by atomic mass is 15.3. The lowest BCUT2D eigenvalue weighted by Gasteiger charge is -2.49. The van der Waals surface area contributed by atoms with Gasteiger partial charge < -0.3 is 10.2 Å². The summed E-state index contributed by atoms with van der Waals surface area (Å²) < 4.78 is 0. The molecule has 0 spiro atoms. The van der Waals surface area contributed by atoms with Crippen molar-refractivity contribution in [1.82, 2.24) is 5.32 Å². The van der Waals surface area contributed by atoms with Crippen LogP contribution < -0.4 is 10.2 Å². The number of rotatable bonds is 2. The standard InChI is InChI=1S/C17H28N2/c1-13(2)14-7-9-15(10-8-14)19-11-16(3,4)18-17(5,6)12-19/h7-10,13,18H,11-12H2,1-6H3. The van der Waals surface area contributed by atoms with Gasteiger partial charge in [0.25, 0.3) is 0 Å². The molecular weight excluding hydrogens is 232 g/mol. The maximum atomic E-state index is 3.72. The van der Waals surface area contributed by atoms with E-state index in [-0.39, 0.29) is 11.1 Å². The topological polar surface area (TPSA) is 15.3 Å². The highest BCUT2D eigenvalue weighted by molar-refractivity contribution is 5.49. The molecule has 2 rings (SSSR count). The zero-order chi connectivity index (χ0) is 14.3. The molecule has 106 valence electrons. The molecule has 1 heterocycles. The second-order valence-corrected chi connectivity index (χ2v) is 7.50. The monoisotopic (exact) mass is 260 g/mol. The molecule has 0 atom stereocenters. The molecule has 1 aromatic rings. The minimum atomic E-state index is 0.151. The van der Waals surface area contributed by atoms with Crippen molar-refractivity contribution >= 4 is 5.69 Å². The Morgan fingerprint density at radius 2 is 1.42 bits per heavy atom. The molecule has 1 aliphatic rings. The normalized spacial score (nSPS) is 21.7. The van der Waals surface area contributed by atoms with Gasteiger partial charge in [-0.2, -0.15) is 0 Å². The summed E-state index contributed by atoms with van der Waals surface area (Å²) in [6, 6.07) is 9.07. The lowest BCUT2D eigenvalue weighted by atomic mass is 9.91. The number of benzene rings is 1. The first-order valence-electron chi connectivity index (χ1n) is 7.33. The third-order valence-electron chi connectivity index (χ3n) is 3.77. The first-order chi connectivity index (χ1) is 8.69. The van der Waals surface area contributed by atoms with E-state index in [1.807, 2.05) is 0 Å². The Kier molecular flexibility index (Phi) is 3.65. The van der Waals surface area contributed by atoms with Gasteiger partial charge in [-0.3, -0.25) is 0 Å². The van der Waals surface area contributed by atoms with Crippen molar-refractivity contribution in [2.24, 2.45) is 0 Å². The van der Waals surface area contributed by atoms with Crippen LogP contribution in [0.3, 0.4) is 0 Å². The van der Waals surface area contributed by atoms with E-state index >= 15 is 0 Å². The molecule has 2 nitrogen and oxygen atoms in total. The summed E-state index contributed by atoms with van der Waals surface area (Å²) >= 11 is 0. The van der Waals surface area contributed by atoms with Gasteiger partial charge in [-0.15, -0.1) is 0 Å². The third-order valence-corrected chi connectivity index (χ3v) is 3.77. The van der Waals surface area contributed by atoms with E-state index in [0.29, 0.717) is 5.92 Å². The van der Waals surface area contributed by atoms with Crippen molar-refractivity contribution in [2.75, 3.05) is 18.0 Å². The van der Waals surface area contributed by atoms with Crippen LogP contribution in [0.4, 0.5) is 5.69 Å². The minimum absolute atomic E-state index is 0.151. The van der Waals surface area contributed by atoms with Crippen molar-refractivity contribution in [3.63, 3.8) is 0 Å². The lowest BCUT2D eigenvalue weighted by molar-refractivity contribution is 0.226. The van der Waals surface area contributed by atoms with Gasteiger partial charge >= 0.3 is 0 Å². The van der Waals surface area contributed by atoms with Crippen LogP contribution in [0, 0.1) is 0 Å². The smallest absolute Gasteiger partial charge is 0.0367 e. The van der Waals surface area contributed by atoms with Gasteiger partial charge in [0, 0.05) is 29.9 Å². The Morgan fingerprint density at radius 1 is 0.947 bits per heavy atom. The lowest BCUT2D eigenvalue weighted by Crippen LogP contribution is -2.66. The maximum absolute atomic E-state index is 3.72. The Balaban J connectivity index is 2.21. The average molecular weight is 260 g/mol. The van der Waals surface area contributed by atoms with E-state index in [4.69, 9.17) is 0 Å². The fourth-order valence-corrected chi connectivity index (χ4v) is 3.26. The van der Waals surface area contributed by atoms with Crippen molar-refractivity contribution < 1.29 is 0 Å². The summed E-state index contributed by atoms with van der Waals surface area (Å²) in [5, 5.41) is 3.72. The highest BCUT2D eigenvalue weighted by Gasteiger charge is 2.36. The van der Waals surface area contributed by atoms with E-state index in [1.54, 1.807) is 0 Å². The second kappa shape index (κ2) is 4.82. The molecule has 0 bridgehead atoms. The number of hydrogen-bond donors (Lipinski definition) is 1. The van der Waals surface area contributed by atoms with Crippen LogP contribution in [-0.4, -0.2) is 24.2 Å². The molecule has 1 aromatic carbocycles. The quantitative estimate of drug-likeness (QED) is 0.870. The van der Waals surface area contributed by atoms with Crippen LogP contribution in [0.25, 0.3) is 0 Å². The predicted molar refractivity (Wildman–Crippen MR) is 84.0 cm³/mol. The van der Waals surface area contributed by atoms with E-state index in [1.165, 1.54) is 11.3 Å². The summed E-state index contributed by atoms with van der Waals surface area (Å²) in [5.74, 6) is 0.602. The molecule has 0 unspecified atom stereocenters. The second-order valence-electron chi connectivity index (χ2n) is 7.50. The van der Waals surface area contributed by atoms with Gasteiger partial charge in [-0.25, -0.2) is 0 Å². The van der Waals surface area contributed by atoms with Gasteiger partial charge in [0.15, 0.2) is 0 Å². The number of nitrogens with zero attached hydrogens (tertiary/aromatic N) is 1. The number of anilines is 1. The minimum Gasteiger partial charge on any atom is -0.368 e. The van der Waals surface area contributed by atoms with Crippen LogP contribution in [0.2, 0.25) is 0 Å². The molecular formula is C17H28N2. The van der Waals surface area contributed by atoms with Crippen LogP contribution in [0.1, 0.15) is 53.0 Å². The Hall–Kier alpha value is -1.02. The third kappa shape index (κ3) is 3.50. The van der Waals surface area contributed by atoms with E-state index in [0.717, 1.165) is 13.1 Å². The SMILES string of the molecule is CC(C)c1ccc(N2CC(C)(C)NC(C)(C)C2)cc1. The summed E-state index contributed by atoms with van der Waals surface area (Å²) in [5.41, 5.74) is 3.06. The Morgan fingerprint density at radius 3 is 1.84 bits per heavy atom. The Labute approximate surface area is 118 Å². The van der Waals surface area contributed by atoms with E-state index in [9.17, 15) is 0 Å². The van der Waals surface area contributed by atoms with E-state index in [2.05, 4.69) is 76.0 Å². The van der Waals surface area contributed by atoms with Crippen molar-refractivity contribution in [3.05, 3.63) is 29.8 Å². The van der Waals surface area contributed by atoms with Crippen LogP contribution in [0.15, 0.2) is 24.3 Å². The first-order valence-corrected chi connectivity index (χ1v) is 7.33. The molecule has 19 heavy (non-hydrogen) atoms. The molecule has 2 heteroatoms. The Bertz CT molecular complexity index is 413. The van der Waals surface area contributed by atoms with Gasteiger partial charge in [-0.05, 0) is 51.3 Å². The predicted octanol–water partition coefficient (Wildman–Crippen LogP) is 3.78.